The highest BCUT2D eigenvalue weighted by molar-refractivity contribution is 6.01. The van der Waals surface area contributed by atoms with Crippen molar-refractivity contribution >= 4 is 17.6 Å². The molecule has 2 aliphatic rings. The summed E-state index contributed by atoms with van der Waals surface area (Å²) in [5.74, 6) is -0.835. The molecule has 1 fully saturated rings. The van der Waals surface area contributed by atoms with Gasteiger partial charge in [-0.1, -0.05) is 25.1 Å². The molecule has 1 saturated carbocycles. The van der Waals surface area contributed by atoms with Gasteiger partial charge < -0.3 is 10.0 Å². The van der Waals surface area contributed by atoms with Crippen LogP contribution >= 0.6 is 0 Å². The van der Waals surface area contributed by atoms with Crippen LogP contribution in [0.3, 0.4) is 0 Å². The van der Waals surface area contributed by atoms with Gasteiger partial charge in [0.2, 0.25) is 5.91 Å². The number of fused-ring (bicyclic) bond motifs is 1. The van der Waals surface area contributed by atoms with Crippen molar-refractivity contribution in [1.82, 2.24) is 0 Å². The van der Waals surface area contributed by atoms with Gasteiger partial charge in [0.1, 0.15) is 5.92 Å². The van der Waals surface area contributed by atoms with Crippen molar-refractivity contribution in [3.05, 3.63) is 29.8 Å². The number of hydrogen-bond donors (Lipinski definition) is 1. The molecule has 3 atom stereocenters. The van der Waals surface area contributed by atoms with Crippen LogP contribution in [0.25, 0.3) is 0 Å². The van der Waals surface area contributed by atoms with Crippen molar-refractivity contribution < 1.29 is 14.7 Å². The third kappa shape index (κ3) is 1.60. The van der Waals surface area contributed by atoms with E-state index in [1.165, 1.54) is 0 Å². The first-order valence-corrected chi connectivity index (χ1v) is 6.22. The van der Waals surface area contributed by atoms with Crippen LogP contribution in [0.5, 0.6) is 0 Å². The summed E-state index contributed by atoms with van der Waals surface area (Å²) in [4.78, 5) is 25.2. The number of hydrogen-bond acceptors (Lipinski definition) is 2. The van der Waals surface area contributed by atoms with E-state index in [2.05, 4.69) is 6.92 Å². The highest BCUT2D eigenvalue weighted by Crippen LogP contribution is 2.43. The molecule has 94 valence electrons. The maximum absolute atomic E-state index is 12.3. The van der Waals surface area contributed by atoms with Gasteiger partial charge in [0, 0.05) is 18.2 Å². The monoisotopic (exact) mass is 245 g/mol. The second-order valence-electron chi connectivity index (χ2n) is 5.22. The summed E-state index contributed by atoms with van der Waals surface area (Å²) >= 11 is 0. The van der Waals surface area contributed by atoms with E-state index in [1.807, 2.05) is 18.2 Å². The minimum Gasteiger partial charge on any atom is -0.481 e. The highest BCUT2D eigenvalue weighted by Gasteiger charge is 2.45. The second kappa shape index (κ2) is 3.83. The molecule has 1 aromatic carbocycles. The fourth-order valence-electron chi connectivity index (χ4n) is 2.69. The first-order chi connectivity index (χ1) is 8.59. The lowest BCUT2D eigenvalue weighted by Gasteiger charge is -2.17. The van der Waals surface area contributed by atoms with Crippen molar-refractivity contribution in [2.75, 3.05) is 11.4 Å². The molecule has 0 bridgehead atoms. The number of carbonyl (C=O) groups is 2. The standard InChI is InChI=1S/C14H15NO3/c1-8-6-10(8)13(16)15-7-11(14(17)18)9-4-2-3-5-12(9)15/h2-5,8,10-11H,6-7H2,1H3,(H,17,18). The summed E-state index contributed by atoms with van der Waals surface area (Å²) in [6.45, 7) is 2.33. The minimum atomic E-state index is -0.860. The Morgan fingerprint density at radius 3 is 2.61 bits per heavy atom. The van der Waals surface area contributed by atoms with Gasteiger partial charge in [0.25, 0.3) is 0 Å². The predicted molar refractivity (Wildman–Crippen MR) is 66.4 cm³/mol. The highest BCUT2D eigenvalue weighted by atomic mass is 16.4. The normalized spacial score (nSPS) is 28.9. The molecule has 0 radical (unpaired) electrons. The fraction of sp³-hybridized carbons (Fsp3) is 0.429. The molecule has 18 heavy (non-hydrogen) atoms. The maximum Gasteiger partial charge on any atom is 0.312 e. The molecule has 1 heterocycles. The van der Waals surface area contributed by atoms with Crippen molar-refractivity contribution in [2.24, 2.45) is 11.8 Å². The van der Waals surface area contributed by atoms with Crippen LogP contribution < -0.4 is 4.90 Å². The maximum atomic E-state index is 12.3. The molecule has 0 spiro atoms. The van der Waals surface area contributed by atoms with Crippen LogP contribution in [0.2, 0.25) is 0 Å². The number of anilines is 1. The Labute approximate surface area is 105 Å². The lowest BCUT2D eigenvalue weighted by molar-refractivity contribution is -0.138. The molecule has 1 aromatic rings. The SMILES string of the molecule is CC1CC1C(=O)N1CC(C(=O)O)c2ccccc21. The Hall–Kier alpha value is -1.84. The lowest BCUT2D eigenvalue weighted by atomic mass is 10.0. The number of benzene rings is 1. The smallest absolute Gasteiger partial charge is 0.312 e. The van der Waals surface area contributed by atoms with E-state index in [9.17, 15) is 14.7 Å². The fourth-order valence-corrected chi connectivity index (χ4v) is 2.69. The number of amides is 1. The summed E-state index contributed by atoms with van der Waals surface area (Å²) in [7, 11) is 0. The third-order valence-electron chi connectivity index (χ3n) is 3.96. The van der Waals surface area contributed by atoms with Crippen LogP contribution in [0.15, 0.2) is 24.3 Å². The minimum absolute atomic E-state index is 0.0821. The van der Waals surface area contributed by atoms with Crippen molar-refractivity contribution in [3.8, 4) is 0 Å². The van der Waals surface area contributed by atoms with Crippen LogP contribution in [-0.2, 0) is 9.59 Å². The molecule has 4 nitrogen and oxygen atoms in total. The quantitative estimate of drug-likeness (QED) is 0.865. The van der Waals surface area contributed by atoms with E-state index >= 15 is 0 Å². The van der Waals surface area contributed by atoms with Gasteiger partial charge in [-0.15, -0.1) is 0 Å². The molecular weight excluding hydrogens is 230 g/mol. The second-order valence-corrected chi connectivity index (χ2v) is 5.22. The number of carbonyl (C=O) groups excluding carboxylic acids is 1. The Morgan fingerprint density at radius 2 is 2.00 bits per heavy atom. The van der Waals surface area contributed by atoms with Crippen molar-refractivity contribution in [2.45, 2.75) is 19.3 Å². The number of rotatable bonds is 2. The lowest BCUT2D eigenvalue weighted by Crippen LogP contribution is -2.32. The molecule has 3 unspecified atom stereocenters. The molecule has 1 N–H and O–H groups in total. The van der Waals surface area contributed by atoms with E-state index in [4.69, 9.17) is 0 Å². The third-order valence-corrected chi connectivity index (χ3v) is 3.96. The van der Waals surface area contributed by atoms with Gasteiger partial charge in [-0.2, -0.15) is 0 Å². The zero-order chi connectivity index (χ0) is 12.9. The Kier molecular flexibility index (Phi) is 2.40. The first kappa shape index (κ1) is 11.3. The molecule has 1 aliphatic heterocycles. The largest absolute Gasteiger partial charge is 0.481 e. The topological polar surface area (TPSA) is 57.6 Å². The average Bonchev–Trinajstić information content (AvgIpc) is 2.95. The Balaban J connectivity index is 1.94. The number of nitrogens with zero attached hydrogens (tertiary/aromatic N) is 1. The Bertz CT molecular complexity index is 526. The van der Waals surface area contributed by atoms with Crippen molar-refractivity contribution in [1.29, 1.82) is 0 Å². The van der Waals surface area contributed by atoms with Crippen LogP contribution in [0.4, 0.5) is 5.69 Å². The van der Waals surface area contributed by atoms with Gasteiger partial charge in [0.15, 0.2) is 0 Å². The zero-order valence-corrected chi connectivity index (χ0v) is 10.2. The number of aliphatic carboxylic acids is 1. The number of carboxylic acid groups (broad SMARTS) is 1. The first-order valence-electron chi connectivity index (χ1n) is 6.22. The van der Waals surface area contributed by atoms with Gasteiger partial charge in [0.05, 0.1) is 0 Å². The summed E-state index contributed by atoms with van der Waals surface area (Å²) in [5, 5.41) is 9.23. The van der Waals surface area contributed by atoms with E-state index in [-0.39, 0.29) is 18.4 Å². The summed E-state index contributed by atoms with van der Waals surface area (Å²) in [5.41, 5.74) is 1.53. The zero-order valence-electron chi connectivity index (χ0n) is 10.2. The summed E-state index contributed by atoms with van der Waals surface area (Å²) in [6, 6.07) is 7.31. The molecule has 0 aromatic heterocycles. The van der Waals surface area contributed by atoms with E-state index in [0.29, 0.717) is 5.92 Å². The Morgan fingerprint density at radius 1 is 1.33 bits per heavy atom. The van der Waals surface area contributed by atoms with E-state index < -0.39 is 11.9 Å². The van der Waals surface area contributed by atoms with Gasteiger partial charge in [-0.05, 0) is 24.0 Å². The van der Waals surface area contributed by atoms with Crippen molar-refractivity contribution in [3.63, 3.8) is 0 Å². The average molecular weight is 245 g/mol. The van der Waals surface area contributed by atoms with Gasteiger partial charge in [-0.3, -0.25) is 9.59 Å². The van der Waals surface area contributed by atoms with Crippen LogP contribution in [0, 0.1) is 11.8 Å². The number of carboxylic acids is 1. The molecule has 1 aliphatic carbocycles. The molecule has 0 saturated heterocycles. The molecule has 1 amide bonds. The van der Waals surface area contributed by atoms with Gasteiger partial charge in [-0.25, -0.2) is 0 Å². The van der Waals surface area contributed by atoms with E-state index in [1.54, 1.807) is 11.0 Å². The predicted octanol–water partition coefficient (Wildman–Crippen LogP) is 1.86. The van der Waals surface area contributed by atoms with E-state index in [0.717, 1.165) is 17.7 Å². The molecular formula is C14H15NO3. The van der Waals surface area contributed by atoms with Crippen LogP contribution in [0.1, 0.15) is 24.8 Å². The summed E-state index contributed by atoms with van der Waals surface area (Å²) < 4.78 is 0. The van der Waals surface area contributed by atoms with Gasteiger partial charge >= 0.3 is 5.97 Å². The summed E-state index contributed by atoms with van der Waals surface area (Å²) in [6.07, 6.45) is 0.926. The number of para-hydroxylation sites is 1. The molecule has 3 rings (SSSR count). The molecule has 4 heteroatoms. The van der Waals surface area contributed by atoms with Crippen LogP contribution in [-0.4, -0.2) is 23.5 Å².